The van der Waals surface area contributed by atoms with Gasteiger partial charge < -0.3 is 19.8 Å². The van der Waals surface area contributed by atoms with Crippen LogP contribution < -0.4 is 0 Å². The fourth-order valence-corrected chi connectivity index (χ4v) is 6.17. The Hall–Kier alpha value is -3.71. The molecule has 40 heavy (non-hydrogen) atoms. The quantitative estimate of drug-likeness (QED) is 0.290. The third-order valence-corrected chi connectivity index (χ3v) is 8.68. The highest BCUT2D eigenvalue weighted by Crippen LogP contribution is 2.42. The third kappa shape index (κ3) is 4.87. The zero-order chi connectivity index (χ0) is 28.7. The molecule has 0 unspecified atom stereocenters. The molecule has 5 heterocycles. The number of aryl methyl sites for hydroxylation is 3. The first kappa shape index (κ1) is 27.8. The van der Waals surface area contributed by atoms with Crippen molar-refractivity contribution in [2.24, 2.45) is 0 Å². The van der Waals surface area contributed by atoms with Gasteiger partial charge in [-0.3, -0.25) is 9.78 Å². The molecule has 0 saturated heterocycles. The molecule has 0 aliphatic carbocycles. The van der Waals surface area contributed by atoms with Crippen molar-refractivity contribution in [1.29, 1.82) is 0 Å². The van der Waals surface area contributed by atoms with Crippen LogP contribution in [0.25, 0.3) is 33.7 Å². The Labute approximate surface area is 235 Å². The fourth-order valence-electron chi connectivity index (χ4n) is 6.17. The lowest BCUT2D eigenvalue weighted by molar-refractivity contribution is -0.143. The standard InChI is InChI=1S/C33H40N4O3/c1-8-22-18(4)28-15-31-24(16-38)20(6)27(36-31)14-29-19(5)23(10-11-32(39)40-9-2)33(37-29)21(7)26-12-17(3)25(34-26)13-30(22)35-28/h12-15,19,23,35-36,38H,8-11,16H2,1-7H3/t19-,23-/m0/s1. The van der Waals surface area contributed by atoms with Crippen LogP contribution in [0.1, 0.15) is 103 Å². The maximum absolute atomic E-state index is 12.3. The SMILES string of the molecule is CCOC(=O)CC[C@@H]1c2nc(cc3[nH]c(cc4[nH]c(cc5nc(c2C)C=C5C)c(CC)c4C)c(CO)c3C)[C@H]1C. The van der Waals surface area contributed by atoms with E-state index in [1.54, 1.807) is 0 Å². The summed E-state index contributed by atoms with van der Waals surface area (Å²) in [6.07, 6.45) is 4.03. The van der Waals surface area contributed by atoms with Gasteiger partial charge in [-0.1, -0.05) is 13.8 Å². The maximum Gasteiger partial charge on any atom is 0.305 e. The molecule has 0 spiro atoms. The Morgan fingerprint density at radius 2 is 1.60 bits per heavy atom. The fraction of sp³-hybridized carbons (Fsp3) is 0.424. The molecule has 0 fully saturated rings. The summed E-state index contributed by atoms with van der Waals surface area (Å²) in [4.78, 5) is 29.7. The normalized spacial score (nSPS) is 16.8. The molecule has 2 aliphatic heterocycles. The van der Waals surface area contributed by atoms with Crippen LogP contribution in [-0.2, 0) is 22.6 Å². The van der Waals surface area contributed by atoms with Crippen LogP contribution in [0.5, 0.6) is 0 Å². The number of carbonyl (C=O) groups is 1. The molecule has 3 N–H and O–H groups in total. The highest BCUT2D eigenvalue weighted by atomic mass is 16.5. The summed E-state index contributed by atoms with van der Waals surface area (Å²) >= 11 is 0. The van der Waals surface area contributed by atoms with Gasteiger partial charge in [0, 0.05) is 57.3 Å². The number of rotatable bonds is 6. The lowest BCUT2D eigenvalue weighted by atomic mass is 9.86. The minimum absolute atomic E-state index is 0.0606. The molecule has 7 nitrogen and oxygen atoms in total. The van der Waals surface area contributed by atoms with Crippen LogP contribution in [0, 0.1) is 20.8 Å². The average molecular weight is 541 g/mol. The number of aliphatic hydroxyl groups excluding tert-OH is 1. The number of hydrogen-bond donors (Lipinski definition) is 3. The number of aromatic amines is 2. The summed E-state index contributed by atoms with van der Waals surface area (Å²) in [6, 6.07) is 6.34. The second kappa shape index (κ2) is 11.0. The second-order valence-corrected chi connectivity index (χ2v) is 11.1. The number of ether oxygens (including phenoxy) is 1. The van der Waals surface area contributed by atoms with E-state index in [0.717, 1.165) is 73.5 Å². The number of H-pyrrole nitrogens is 2. The largest absolute Gasteiger partial charge is 0.466 e. The molecular formula is C33H40N4O3. The number of aliphatic hydroxyl groups is 1. The van der Waals surface area contributed by atoms with Crippen LogP contribution in [0.15, 0.2) is 18.2 Å². The molecule has 3 aromatic heterocycles. The van der Waals surface area contributed by atoms with Gasteiger partial charge in [0.25, 0.3) is 0 Å². The van der Waals surface area contributed by atoms with E-state index in [1.807, 2.05) is 13.8 Å². The van der Waals surface area contributed by atoms with Crippen molar-refractivity contribution in [2.75, 3.05) is 6.61 Å². The number of esters is 1. The van der Waals surface area contributed by atoms with Gasteiger partial charge >= 0.3 is 5.97 Å². The lowest BCUT2D eigenvalue weighted by Gasteiger charge is -2.17. The summed E-state index contributed by atoms with van der Waals surface area (Å²) in [7, 11) is 0. The Kier molecular flexibility index (Phi) is 7.69. The van der Waals surface area contributed by atoms with Crippen LogP contribution in [0.4, 0.5) is 0 Å². The first-order valence-corrected chi connectivity index (χ1v) is 14.3. The summed E-state index contributed by atoms with van der Waals surface area (Å²) in [5.41, 5.74) is 14.2. The van der Waals surface area contributed by atoms with Crippen molar-refractivity contribution in [1.82, 2.24) is 19.9 Å². The van der Waals surface area contributed by atoms with E-state index in [4.69, 9.17) is 14.7 Å². The van der Waals surface area contributed by atoms with Gasteiger partial charge in [0.15, 0.2) is 0 Å². The molecule has 8 bridgehead atoms. The van der Waals surface area contributed by atoms with E-state index >= 15 is 0 Å². The molecule has 210 valence electrons. The molecule has 0 radical (unpaired) electrons. The number of hydrogen-bond acceptors (Lipinski definition) is 5. The topological polar surface area (TPSA) is 104 Å². The Balaban J connectivity index is 1.85. The van der Waals surface area contributed by atoms with Crippen LogP contribution >= 0.6 is 0 Å². The van der Waals surface area contributed by atoms with Crippen molar-refractivity contribution in [2.45, 2.75) is 86.2 Å². The molecule has 3 aromatic rings. The van der Waals surface area contributed by atoms with Gasteiger partial charge in [-0.15, -0.1) is 0 Å². The molecular weight excluding hydrogens is 500 g/mol. The monoisotopic (exact) mass is 540 g/mol. The number of nitrogens with zero attached hydrogens (tertiary/aromatic N) is 2. The predicted molar refractivity (Wildman–Crippen MR) is 161 cm³/mol. The van der Waals surface area contributed by atoms with Gasteiger partial charge in [0.1, 0.15) is 0 Å². The number of allylic oxidation sites excluding steroid dienone is 1. The minimum atomic E-state index is -0.179. The zero-order valence-electron chi connectivity index (χ0n) is 24.7. The van der Waals surface area contributed by atoms with Crippen molar-refractivity contribution < 1.29 is 14.6 Å². The van der Waals surface area contributed by atoms with Gasteiger partial charge in [-0.2, -0.15) is 0 Å². The highest BCUT2D eigenvalue weighted by molar-refractivity contribution is 5.85. The van der Waals surface area contributed by atoms with E-state index in [-0.39, 0.29) is 24.4 Å². The molecule has 5 rings (SSSR count). The number of nitrogens with one attached hydrogen (secondary N) is 2. The summed E-state index contributed by atoms with van der Waals surface area (Å²) < 4.78 is 5.23. The highest BCUT2D eigenvalue weighted by Gasteiger charge is 2.31. The minimum Gasteiger partial charge on any atom is -0.466 e. The van der Waals surface area contributed by atoms with E-state index in [2.05, 4.69) is 68.9 Å². The second-order valence-electron chi connectivity index (χ2n) is 11.1. The van der Waals surface area contributed by atoms with Crippen molar-refractivity contribution in [3.8, 4) is 0 Å². The maximum atomic E-state index is 12.3. The van der Waals surface area contributed by atoms with Crippen LogP contribution in [0.3, 0.4) is 0 Å². The summed E-state index contributed by atoms with van der Waals surface area (Å²) in [5, 5.41) is 10.3. The van der Waals surface area contributed by atoms with Crippen LogP contribution in [-0.4, -0.2) is 37.6 Å². The first-order valence-electron chi connectivity index (χ1n) is 14.3. The molecule has 2 aliphatic rings. The van der Waals surface area contributed by atoms with Crippen LogP contribution in [0.2, 0.25) is 0 Å². The average Bonchev–Trinajstić information content (AvgIpc) is 3.62. The Morgan fingerprint density at radius 1 is 0.925 bits per heavy atom. The lowest BCUT2D eigenvalue weighted by Crippen LogP contribution is -2.09. The van der Waals surface area contributed by atoms with E-state index in [0.29, 0.717) is 19.4 Å². The van der Waals surface area contributed by atoms with Gasteiger partial charge in [0.2, 0.25) is 0 Å². The Bertz CT molecular complexity index is 1670. The zero-order valence-corrected chi connectivity index (χ0v) is 24.7. The van der Waals surface area contributed by atoms with Gasteiger partial charge in [-0.05, 0) is 99.6 Å². The molecule has 2 atom stereocenters. The van der Waals surface area contributed by atoms with Gasteiger partial charge in [-0.25, -0.2) is 4.98 Å². The number of carbonyl (C=O) groups excluding carboxylic acids is 1. The van der Waals surface area contributed by atoms with E-state index < -0.39 is 0 Å². The number of aromatic nitrogens is 4. The van der Waals surface area contributed by atoms with Crippen molar-refractivity contribution >= 4 is 39.7 Å². The predicted octanol–water partition coefficient (Wildman–Crippen LogP) is 7.09. The Morgan fingerprint density at radius 3 is 2.27 bits per heavy atom. The summed E-state index contributed by atoms with van der Waals surface area (Å²) in [6.45, 7) is 14.9. The third-order valence-electron chi connectivity index (χ3n) is 8.68. The van der Waals surface area contributed by atoms with E-state index in [9.17, 15) is 9.90 Å². The van der Waals surface area contributed by atoms with Crippen molar-refractivity contribution in [3.63, 3.8) is 0 Å². The first-order chi connectivity index (χ1) is 19.2. The van der Waals surface area contributed by atoms with Gasteiger partial charge in [0.05, 0.1) is 24.6 Å². The summed E-state index contributed by atoms with van der Waals surface area (Å²) in [5.74, 6) is -0.0131. The molecule has 0 saturated carbocycles. The number of fused-ring (bicyclic) bond motifs is 8. The molecule has 7 heteroatoms. The molecule has 0 amide bonds. The van der Waals surface area contributed by atoms with E-state index in [1.165, 1.54) is 11.1 Å². The van der Waals surface area contributed by atoms with Crippen molar-refractivity contribution in [3.05, 3.63) is 68.8 Å². The smallest absolute Gasteiger partial charge is 0.305 e. The molecule has 0 aromatic carbocycles.